The molecule has 0 aliphatic carbocycles. The number of nitrogens with zero attached hydrogens (tertiary/aromatic N) is 2. The summed E-state index contributed by atoms with van der Waals surface area (Å²) in [6.07, 6.45) is -0.914. The van der Waals surface area contributed by atoms with Crippen molar-refractivity contribution in [2.75, 3.05) is 26.8 Å². The lowest BCUT2D eigenvalue weighted by Gasteiger charge is -2.18. The van der Waals surface area contributed by atoms with Gasteiger partial charge in [-0.05, 0) is 41.5 Å². The molecule has 1 aliphatic heterocycles. The van der Waals surface area contributed by atoms with Crippen molar-refractivity contribution in [2.45, 2.75) is 24.7 Å². The minimum Gasteiger partial charge on any atom is -0.408 e. The van der Waals surface area contributed by atoms with E-state index in [1.165, 1.54) is 15.9 Å². The highest BCUT2D eigenvalue weighted by molar-refractivity contribution is 7.22. The summed E-state index contributed by atoms with van der Waals surface area (Å²) in [5, 5.41) is 15.9. The number of hydrogen-bond acceptors (Lipinski definition) is 8. The van der Waals surface area contributed by atoms with E-state index in [-0.39, 0.29) is 19.1 Å². The van der Waals surface area contributed by atoms with Gasteiger partial charge >= 0.3 is 5.76 Å². The number of carbonyl (C=O) groups is 1. The number of rotatable bonds is 6. The van der Waals surface area contributed by atoms with Crippen molar-refractivity contribution < 1.29 is 23.1 Å². The third kappa shape index (κ3) is 5.01. The number of methoxy groups -OCH3 is 1. The van der Waals surface area contributed by atoms with Crippen molar-refractivity contribution in [3.63, 3.8) is 0 Å². The van der Waals surface area contributed by atoms with Gasteiger partial charge in [0.15, 0.2) is 5.58 Å². The highest BCUT2D eigenvalue weighted by Crippen LogP contribution is 2.37. The van der Waals surface area contributed by atoms with Crippen LogP contribution in [0.5, 0.6) is 0 Å². The number of amides is 1. The number of halogens is 1. The topological polar surface area (TPSA) is 119 Å². The Balaban J connectivity index is 1.34. The van der Waals surface area contributed by atoms with Crippen LogP contribution in [-0.4, -0.2) is 55.5 Å². The number of thiophene rings is 1. The summed E-state index contributed by atoms with van der Waals surface area (Å²) in [7, 11) is 3.21. The monoisotopic (exact) mass is 524 g/mol. The molecule has 1 saturated heterocycles. The molecule has 2 aromatic heterocycles. The molecule has 2 aromatic carbocycles. The molecule has 0 bridgehead atoms. The smallest absolute Gasteiger partial charge is 0.408 e. The number of nitrogens with one attached hydrogen (secondary N) is 2. The molecule has 2 N–H and O–H groups in total. The van der Waals surface area contributed by atoms with Gasteiger partial charge in [0.25, 0.3) is 5.91 Å². The Morgan fingerprint density at radius 2 is 2.19 bits per heavy atom. The Labute approximate surface area is 215 Å². The molecular weight excluding hydrogens is 499 g/mol. The van der Waals surface area contributed by atoms with Gasteiger partial charge in [0, 0.05) is 48.6 Å². The maximum atomic E-state index is 15.5. The summed E-state index contributed by atoms with van der Waals surface area (Å²) >= 11 is 1.43. The number of hydrogen-bond donors (Lipinski definition) is 2. The predicted molar refractivity (Wildman–Crippen MR) is 137 cm³/mol. The highest BCUT2D eigenvalue weighted by atomic mass is 32.1. The normalized spacial score (nSPS) is 19.0. The average Bonchev–Trinajstić information content (AvgIpc) is 3.35. The van der Waals surface area contributed by atoms with E-state index in [1.807, 2.05) is 18.2 Å². The Morgan fingerprint density at radius 3 is 2.97 bits per heavy atom. The largest absolute Gasteiger partial charge is 0.419 e. The minimum absolute atomic E-state index is 0.0130. The third-order valence-electron chi connectivity index (χ3n) is 6.50. The molecule has 9 nitrogen and oxygen atoms in total. The first-order chi connectivity index (χ1) is 17.9. The number of aromatic nitrogens is 1. The van der Waals surface area contributed by atoms with Gasteiger partial charge in [-0.2, -0.15) is 5.26 Å². The van der Waals surface area contributed by atoms with Crippen LogP contribution in [0, 0.1) is 17.1 Å². The van der Waals surface area contributed by atoms with E-state index in [9.17, 15) is 14.9 Å². The zero-order valence-electron chi connectivity index (χ0n) is 20.2. The summed E-state index contributed by atoms with van der Waals surface area (Å²) < 4.78 is 33.8. The summed E-state index contributed by atoms with van der Waals surface area (Å²) in [4.78, 5) is 25.3. The summed E-state index contributed by atoms with van der Waals surface area (Å²) in [5.41, 5.74) is 2.30. The molecule has 11 heteroatoms. The Bertz CT molecular complexity index is 1570. The fourth-order valence-corrected chi connectivity index (χ4v) is 5.41. The number of oxazole rings is 1. The molecule has 5 rings (SSSR count). The van der Waals surface area contributed by atoms with Gasteiger partial charge in [-0.15, -0.1) is 11.3 Å². The fourth-order valence-electron chi connectivity index (χ4n) is 4.35. The lowest BCUT2D eigenvalue weighted by atomic mass is 10.0. The van der Waals surface area contributed by atoms with E-state index >= 15 is 4.39 Å². The van der Waals surface area contributed by atoms with Crippen LogP contribution in [0.2, 0.25) is 0 Å². The van der Waals surface area contributed by atoms with Crippen LogP contribution in [0.25, 0.3) is 31.6 Å². The van der Waals surface area contributed by atoms with Crippen molar-refractivity contribution in [3.05, 3.63) is 58.3 Å². The summed E-state index contributed by atoms with van der Waals surface area (Å²) in [5.74, 6) is -1.31. The van der Waals surface area contributed by atoms with Crippen molar-refractivity contribution in [1.82, 2.24) is 15.2 Å². The van der Waals surface area contributed by atoms with Crippen LogP contribution in [0.3, 0.4) is 0 Å². The standard InChI is InChI=1S/C26H25FN4O5S/c1-31-19-8-14(3-5-20(19)36-26(31)33)23-9-18-22(37-23)6-4-15(24(18)27)7-16(10-28)30-25(32)21-12-29-11-17(34-2)13-35-21/h3-6,8-9,16-17,21,29H,7,11-13H2,1-2H3,(H,30,32)/t16-,17?,21-/m1/s1. The van der Waals surface area contributed by atoms with Crippen molar-refractivity contribution in [3.8, 4) is 16.5 Å². The molecule has 1 unspecified atom stereocenters. The van der Waals surface area contributed by atoms with Crippen LogP contribution >= 0.6 is 11.3 Å². The molecule has 1 fully saturated rings. The fraction of sp³-hybridized carbons (Fsp3) is 0.346. The van der Waals surface area contributed by atoms with Gasteiger partial charge in [-0.1, -0.05) is 6.07 Å². The van der Waals surface area contributed by atoms with Crippen LogP contribution in [-0.2, 0) is 27.7 Å². The van der Waals surface area contributed by atoms with Gasteiger partial charge in [-0.25, -0.2) is 9.18 Å². The lowest BCUT2D eigenvalue weighted by molar-refractivity contribution is -0.133. The number of ether oxygens (including phenoxy) is 2. The van der Waals surface area contributed by atoms with E-state index < -0.39 is 29.6 Å². The SMILES string of the molecule is COC1CNC[C@H](C(=O)N[C@@H](C#N)Cc2ccc3sc(-c4ccc5oc(=O)n(C)c5c4)cc3c2F)OC1. The van der Waals surface area contributed by atoms with Crippen LogP contribution in [0.4, 0.5) is 4.39 Å². The molecular formula is C26H25FN4O5S. The molecule has 3 atom stereocenters. The molecule has 0 saturated carbocycles. The first-order valence-electron chi connectivity index (χ1n) is 11.7. The molecule has 3 heterocycles. The van der Waals surface area contributed by atoms with Gasteiger partial charge in [-0.3, -0.25) is 9.36 Å². The zero-order valence-corrected chi connectivity index (χ0v) is 21.1. The van der Waals surface area contributed by atoms with Crippen LogP contribution < -0.4 is 16.4 Å². The molecule has 0 spiro atoms. The number of carbonyl (C=O) groups excluding carboxylic acids is 1. The molecule has 1 aliphatic rings. The highest BCUT2D eigenvalue weighted by Gasteiger charge is 2.27. The van der Waals surface area contributed by atoms with Gasteiger partial charge < -0.3 is 24.5 Å². The molecule has 192 valence electrons. The first kappa shape index (κ1) is 25.1. The number of nitriles is 1. The summed E-state index contributed by atoms with van der Waals surface area (Å²) in [6.45, 7) is 1.11. The second-order valence-electron chi connectivity index (χ2n) is 8.90. The van der Waals surface area contributed by atoms with Crippen LogP contribution in [0.15, 0.2) is 45.6 Å². The Hall–Kier alpha value is -3.56. The Morgan fingerprint density at radius 1 is 1.35 bits per heavy atom. The molecule has 4 aromatic rings. The van der Waals surface area contributed by atoms with Gasteiger partial charge in [0.05, 0.1) is 24.3 Å². The summed E-state index contributed by atoms with van der Waals surface area (Å²) in [6, 6.07) is 11.7. The van der Waals surface area contributed by atoms with Crippen molar-refractivity contribution in [1.29, 1.82) is 5.26 Å². The van der Waals surface area contributed by atoms with E-state index in [2.05, 4.69) is 16.7 Å². The van der Waals surface area contributed by atoms with E-state index in [4.69, 9.17) is 13.9 Å². The number of benzene rings is 2. The average molecular weight is 525 g/mol. The van der Waals surface area contributed by atoms with E-state index in [0.29, 0.717) is 35.1 Å². The number of fused-ring (bicyclic) bond motifs is 2. The second kappa shape index (κ2) is 10.4. The molecule has 37 heavy (non-hydrogen) atoms. The first-order valence-corrected chi connectivity index (χ1v) is 12.6. The zero-order chi connectivity index (χ0) is 26.1. The minimum atomic E-state index is -0.924. The molecule has 1 amide bonds. The lowest BCUT2D eigenvalue weighted by Crippen LogP contribution is -2.46. The quantitative estimate of drug-likeness (QED) is 0.398. The van der Waals surface area contributed by atoms with Crippen molar-refractivity contribution in [2.24, 2.45) is 7.05 Å². The maximum absolute atomic E-state index is 15.5. The number of aryl methyl sites for hydroxylation is 1. The van der Waals surface area contributed by atoms with Gasteiger partial charge in [0.1, 0.15) is 18.0 Å². The second-order valence-corrected chi connectivity index (χ2v) is 9.99. The predicted octanol–water partition coefficient (Wildman–Crippen LogP) is 2.71. The van der Waals surface area contributed by atoms with E-state index in [1.54, 1.807) is 32.4 Å². The van der Waals surface area contributed by atoms with Crippen LogP contribution in [0.1, 0.15) is 5.56 Å². The van der Waals surface area contributed by atoms with Gasteiger partial charge in [0.2, 0.25) is 0 Å². The van der Waals surface area contributed by atoms with Crippen molar-refractivity contribution >= 4 is 38.4 Å². The third-order valence-corrected chi connectivity index (χ3v) is 7.65. The van der Waals surface area contributed by atoms with E-state index in [0.717, 1.165) is 15.1 Å². The maximum Gasteiger partial charge on any atom is 0.419 e. The molecule has 0 radical (unpaired) electrons. The Kier molecular flexibility index (Phi) is 7.08.